The van der Waals surface area contributed by atoms with Crippen molar-refractivity contribution in [3.63, 3.8) is 0 Å². The number of nitrogens with zero attached hydrogens (tertiary/aromatic N) is 1. The van der Waals surface area contributed by atoms with E-state index in [2.05, 4.69) is 24.1 Å². The van der Waals surface area contributed by atoms with E-state index in [9.17, 15) is 8.42 Å². The quantitative estimate of drug-likeness (QED) is 0.767. The van der Waals surface area contributed by atoms with Gasteiger partial charge in [-0.2, -0.15) is 0 Å². The fourth-order valence-corrected chi connectivity index (χ4v) is 3.20. The smallest absolute Gasteiger partial charge is 0.147 e. The topological polar surface area (TPSA) is 49.4 Å². The molecule has 0 bridgehead atoms. The molecule has 1 rings (SSSR count). The minimum Gasteiger partial charge on any atom is -0.314 e. The van der Waals surface area contributed by atoms with E-state index in [0.717, 1.165) is 32.6 Å². The van der Waals surface area contributed by atoms with Crippen LogP contribution in [0.2, 0.25) is 0 Å². The largest absolute Gasteiger partial charge is 0.314 e. The molecule has 0 spiro atoms. The maximum absolute atomic E-state index is 11.0. The van der Waals surface area contributed by atoms with Gasteiger partial charge < -0.3 is 10.2 Å². The lowest BCUT2D eigenvalue weighted by molar-refractivity contribution is 0.149. The molecular formula is C12H26N2O2S. The van der Waals surface area contributed by atoms with Gasteiger partial charge in [0.05, 0.1) is 5.75 Å². The Hall–Kier alpha value is -0.130. The Bertz CT molecular complexity index is 316. The Morgan fingerprint density at radius 2 is 2.12 bits per heavy atom. The van der Waals surface area contributed by atoms with Gasteiger partial charge in [-0.25, -0.2) is 8.42 Å². The van der Waals surface area contributed by atoms with Gasteiger partial charge in [-0.1, -0.05) is 13.8 Å². The number of piperidine rings is 1. The lowest BCUT2D eigenvalue weighted by Gasteiger charge is -2.37. The van der Waals surface area contributed by atoms with E-state index >= 15 is 0 Å². The molecule has 5 heteroatoms. The third-order valence-electron chi connectivity index (χ3n) is 3.45. The summed E-state index contributed by atoms with van der Waals surface area (Å²) in [4.78, 5) is 2.39. The highest BCUT2D eigenvalue weighted by Gasteiger charge is 2.24. The summed E-state index contributed by atoms with van der Waals surface area (Å²) in [6.45, 7) is 8.54. The molecule has 4 nitrogen and oxygen atoms in total. The first-order valence-electron chi connectivity index (χ1n) is 6.56. The summed E-state index contributed by atoms with van der Waals surface area (Å²) in [5.74, 6) is 0.969. The molecule has 1 fully saturated rings. The summed E-state index contributed by atoms with van der Waals surface area (Å²) in [5.41, 5.74) is 0. The summed E-state index contributed by atoms with van der Waals surface area (Å²) in [5, 5.41) is 3.51. The molecule has 1 N–H and O–H groups in total. The van der Waals surface area contributed by atoms with Crippen molar-refractivity contribution in [2.24, 2.45) is 5.92 Å². The van der Waals surface area contributed by atoms with Crippen LogP contribution in [0.1, 0.15) is 26.7 Å². The SMILES string of the molecule is CCNC1CCN(CCCS(C)(=O)=O)CC1C. The lowest BCUT2D eigenvalue weighted by Crippen LogP contribution is -2.48. The zero-order valence-electron chi connectivity index (χ0n) is 11.3. The molecule has 0 aromatic rings. The van der Waals surface area contributed by atoms with Gasteiger partial charge in [0.2, 0.25) is 0 Å². The maximum atomic E-state index is 11.0. The fourth-order valence-electron chi connectivity index (χ4n) is 2.55. The van der Waals surface area contributed by atoms with Gasteiger partial charge >= 0.3 is 0 Å². The van der Waals surface area contributed by atoms with Gasteiger partial charge in [-0.3, -0.25) is 0 Å². The van der Waals surface area contributed by atoms with Crippen molar-refractivity contribution in [3.05, 3.63) is 0 Å². The van der Waals surface area contributed by atoms with Gasteiger partial charge in [0.25, 0.3) is 0 Å². The zero-order valence-corrected chi connectivity index (χ0v) is 12.1. The van der Waals surface area contributed by atoms with E-state index in [1.165, 1.54) is 12.7 Å². The standard InChI is InChI=1S/C12H26N2O2S/c1-4-13-12-6-8-14(10-11(12)2)7-5-9-17(3,15)16/h11-13H,4-10H2,1-3H3. The molecule has 0 aliphatic carbocycles. The van der Waals surface area contributed by atoms with Gasteiger partial charge in [-0.15, -0.1) is 0 Å². The van der Waals surface area contributed by atoms with Crippen LogP contribution in [0.15, 0.2) is 0 Å². The van der Waals surface area contributed by atoms with Crippen molar-refractivity contribution in [3.8, 4) is 0 Å². The van der Waals surface area contributed by atoms with Crippen molar-refractivity contribution < 1.29 is 8.42 Å². The molecule has 0 saturated carbocycles. The molecule has 0 radical (unpaired) electrons. The maximum Gasteiger partial charge on any atom is 0.147 e. The molecule has 0 aromatic carbocycles. The van der Waals surface area contributed by atoms with Crippen molar-refractivity contribution in [2.45, 2.75) is 32.7 Å². The second kappa shape index (κ2) is 6.71. The first kappa shape index (κ1) is 14.9. The molecule has 2 unspecified atom stereocenters. The first-order valence-corrected chi connectivity index (χ1v) is 8.62. The van der Waals surface area contributed by atoms with E-state index in [1.54, 1.807) is 0 Å². The van der Waals surface area contributed by atoms with E-state index in [1.807, 2.05) is 0 Å². The number of hydrogen-bond acceptors (Lipinski definition) is 4. The number of hydrogen-bond donors (Lipinski definition) is 1. The van der Waals surface area contributed by atoms with Crippen LogP contribution in [0, 0.1) is 5.92 Å². The molecule has 0 aromatic heterocycles. The molecule has 1 aliphatic heterocycles. The highest BCUT2D eigenvalue weighted by atomic mass is 32.2. The molecule has 0 amide bonds. The van der Waals surface area contributed by atoms with Crippen LogP contribution in [-0.4, -0.2) is 57.5 Å². The Balaban J connectivity index is 2.25. The second-order valence-electron chi connectivity index (χ2n) is 5.21. The van der Waals surface area contributed by atoms with Crippen molar-refractivity contribution >= 4 is 9.84 Å². The van der Waals surface area contributed by atoms with Crippen LogP contribution in [-0.2, 0) is 9.84 Å². The van der Waals surface area contributed by atoms with Crippen LogP contribution in [0.25, 0.3) is 0 Å². The Labute approximate surface area is 106 Å². The molecule has 1 saturated heterocycles. The minimum absolute atomic E-state index is 0.314. The molecule has 1 aliphatic rings. The Morgan fingerprint density at radius 1 is 1.41 bits per heavy atom. The summed E-state index contributed by atoms with van der Waals surface area (Å²) >= 11 is 0. The number of likely N-dealkylation sites (tertiary alicyclic amines) is 1. The highest BCUT2D eigenvalue weighted by molar-refractivity contribution is 7.90. The highest BCUT2D eigenvalue weighted by Crippen LogP contribution is 2.16. The Kier molecular flexibility index (Phi) is 5.89. The normalized spacial score (nSPS) is 27.2. The van der Waals surface area contributed by atoms with Crippen molar-refractivity contribution in [1.29, 1.82) is 0 Å². The lowest BCUT2D eigenvalue weighted by atomic mass is 9.94. The van der Waals surface area contributed by atoms with Gasteiger partial charge in [-0.05, 0) is 38.4 Å². The summed E-state index contributed by atoms with van der Waals surface area (Å²) in [6.07, 6.45) is 3.25. The fraction of sp³-hybridized carbons (Fsp3) is 1.00. The van der Waals surface area contributed by atoms with Crippen LogP contribution >= 0.6 is 0 Å². The van der Waals surface area contributed by atoms with Gasteiger partial charge in [0, 0.05) is 18.8 Å². The van der Waals surface area contributed by atoms with E-state index in [0.29, 0.717) is 17.7 Å². The monoisotopic (exact) mass is 262 g/mol. The molecular weight excluding hydrogens is 236 g/mol. The minimum atomic E-state index is -2.80. The third kappa shape index (κ3) is 5.84. The first-order chi connectivity index (χ1) is 7.92. The van der Waals surface area contributed by atoms with Crippen LogP contribution < -0.4 is 5.32 Å². The van der Waals surface area contributed by atoms with Crippen molar-refractivity contribution in [2.75, 3.05) is 38.2 Å². The van der Waals surface area contributed by atoms with E-state index < -0.39 is 9.84 Å². The van der Waals surface area contributed by atoms with Crippen LogP contribution in [0.5, 0.6) is 0 Å². The van der Waals surface area contributed by atoms with Crippen LogP contribution in [0.4, 0.5) is 0 Å². The predicted molar refractivity (Wildman–Crippen MR) is 72.0 cm³/mol. The third-order valence-corrected chi connectivity index (χ3v) is 4.48. The van der Waals surface area contributed by atoms with E-state index in [-0.39, 0.29) is 0 Å². The second-order valence-corrected chi connectivity index (χ2v) is 7.47. The summed E-state index contributed by atoms with van der Waals surface area (Å²) in [6, 6.07) is 0.631. The van der Waals surface area contributed by atoms with Gasteiger partial charge in [0.15, 0.2) is 0 Å². The van der Waals surface area contributed by atoms with Crippen LogP contribution in [0.3, 0.4) is 0 Å². The molecule has 17 heavy (non-hydrogen) atoms. The Morgan fingerprint density at radius 3 is 2.65 bits per heavy atom. The number of sulfone groups is 1. The molecule has 2 atom stereocenters. The summed E-state index contributed by atoms with van der Waals surface area (Å²) in [7, 11) is -2.80. The molecule has 102 valence electrons. The summed E-state index contributed by atoms with van der Waals surface area (Å²) < 4.78 is 22.1. The average molecular weight is 262 g/mol. The average Bonchev–Trinajstić information content (AvgIpc) is 2.20. The number of nitrogens with one attached hydrogen (secondary N) is 1. The molecule has 1 heterocycles. The van der Waals surface area contributed by atoms with E-state index in [4.69, 9.17) is 0 Å². The number of rotatable bonds is 6. The van der Waals surface area contributed by atoms with Crippen molar-refractivity contribution in [1.82, 2.24) is 10.2 Å². The van der Waals surface area contributed by atoms with Gasteiger partial charge in [0.1, 0.15) is 9.84 Å². The zero-order chi connectivity index (χ0) is 12.9. The predicted octanol–water partition coefficient (Wildman–Crippen LogP) is 0.741.